The molecule has 3 rings (SSSR count). The van der Waals surface area contributed by atoms with Gasteiger partial charge in [0.1, 0.15) is 11.4 Å². The first-order valence-electron chi connectivity index (χ1n) is 8.08. The maximum atomic E-state index is 12.7. The zero-order valence-electron chi connectivity index (χ0n) is 14.6. The van der Waals surface area contributed by atoms with Crippen LogP contribution in [0.25, 0.3) is 0 Å². The van der Waals surface area contributed by atoms with Crippen molar-refractivity contribution >= 4 is 50.3 Å². The van der Waals surface area contributed by atoms with Gasteiger partial charge in [-0.05, 0) is 60.3 Å². The van der Waals surface area contributed by atoms with Gasteiger partial charge in [-0.25, -0.2) is 8.42 Å². The van der Waals surface area contributed by atoms with Crippen LogP contribution in [0, 0.1) is 12.1 Å². The summed E-state index contributed by atoms with van der Waals surface area (Å²) in [6.45, 7) is 1.85. The molecule has 0 bridgehead atoms. The third-order valence-corrected chi connectivity index (χ3v) is 5.64. The van der Waals surface area contributed by atoms with Crippen molar-refractivity contribution < 1.29 is 13.3 Å². The van der Waals surface area contributed by atoms with E-state index in [9.17, 15) is 13.6 Å². The molecule has 144 valence electrons. The standard InChI is InChI=1S/C19H15Cl2N3O3S/c1-13-2-9-17(10-3-13)28(26,27)23-18-12-15(21)6-11-19(18)24(25)22-16-7-4-14(20)5-8-16/h2-12,23H,1H3. The van der Waals surface area contributed by atoms with Crippen LogP contribution < -0.4 is 4.72 Å². The predicted octanol–water partition coefficient (Wildman–Crippen LogP) is 6.03. The minimum absolute atomic E-state index is 0.00460. The lowest BCUT2D eigenvalue weighted by atomic mass is 10.2. The number of halogens is 2. The Hall–Kier alpha value is -2.61. The largest absolute Gasteiger partial charge is 0.594 e. The van der Waals surface area contributed by atoms with Gasteiger partial charge in [0.2, 0.25) is 0 Å². The summed E-state index contributed by atoms with van der Waals surface area (Å²) >= 11 is 11.8. The fourth-order valence-corrected chi connectivity index (χ4v) is 3.71. The highest BCUT2D eigenvalue weighted by atomic mass is 35.5. The number of rotatable bonds is 5. The Bertz CT molecular complexity index is 1130. The molecule has 0 aliphatic carbocycles. The summed E-state index contributed by atoms with van der Waals surface area (Å²) in [6, 6.07) is 16.9. The Morgan fingerprint density at radius 3 is 2.18 bits per heavy atom. The van der Waals surface area contributed by atoms with E-state index < -0.39 is 10.0 Å². The van der Waals surface area contributed by atoms with Crippen LogP contribution in [0.3, 0.4) is 0 Å². The highest BCUT2D eigenvalue weighted by Gasteiger charge is 2.20. The summed E-state index contributed by atoms with van der Waals surface area (Å²) in [7, 11) is -3.91. The molecular formula is C19H15Cl2N3O3S. The molecule has 1 N–H and O–H groups in total. The van der Waals surface area contributed by atoms with Crippen molar-refractivity contribution in [3.8, 4) is 0 Å². The lowest BCUT2D eigenvalue weighted by Crippen LogP contribution is -2.14. The van der Waals surface area contributed by atoms with Crippen molar-refractivity contribution in [3.63, 3.8) is 0 Å². The van der Waals surface area contributed by atoms with E-state index >= 15 is 0 Å². The highest BCUT2D eigenvalue weighted by Crippen LogP contribution is 2.31. The van der Waals surface area contributed by atoms with E-state index in [1.54, 1.807) is 36.4 Å². The van der Waals surface area contributed by atoms with E-state index in [1.807, 2.05) is 6.92 Å². The van der Waals surface area contributed by atoms with Crippen LogP contribution in [-0.4, -0.2) is 13.3 Å². The van der Waals surface area contributed by atoms with Gasteiger partial charge in [-0.1, -0.05) is 40.9 Å². The van der Waals surface area contributed by atoms with Gasteiger partial charge in [-0.15, -0.1) is 0 Å². The van der Waals surface area contributed by atoms with E-state index in [-0.39, 0.29) is 21.3 Å². The van der Waals surface area contributed by atoms with E-state index in [0.29, 0.717) is 15.6 Å². The summed E-state index contributed by atoms with van der Waals surface area (Å²) in [4.78, 5) is 0.392. The first-order valence-corrected chi connectivity index (χ1v) is 10.3. The molecule has 0 spiro atoms. The number of nitrogens with zero attached hydrogens (tertiary/aromatic N) is 2. The van der Waals surface area contributed by atoms with Gasteiger partial charge in [0.25, 0.3) is 15.7 Å². The topological polar surface area (TPSA) is 84.6 Å². The molecule has 0 heterocycles. The number of hydrogen-bond donors (Lipinski definition) is 1. The molecule has 0 aliphatic heterocycles. The molecule has 0 saturated heterocycles. The number of hydrogen-bond acceptors (Lipinski definition) is 4. The maximum absolute atomic E-state index is 12.7. The van der Waals surface area contributed by atoms with Crippen LogP contribution in [0.2, 0.25) is 10.0 Å². The number of aryl methyl sites for hydroxylation is 1. The summed E-state index contributed by atoms with van der Waals surface area (Å²) in [6.07, 6.45) is 0. The third-order valence-electron chi connectivity index (χ3n) is 3.77. The number of benzene rings is 3. The molecule has 0 amide bonds. The molecule has 0 atom stereocenters. The maximum Gasteiger partial charge on any atom is 0.268 e. The quantitative estimate of drug-likeness (QED) is 0.301. The average Bonchev–Trinajstić information content (AvgIpc) is 2.63. The van der Waals surface area contributed by atoms with Crippen LogP contribution in [0.5, 0.6) is 0 Å². The molecule has 0 aromatic heterocycles. The average molecular weight is 436 g/mol. The Labute approximate surface area is 172 Å². The monoisotopic (exact) mass is 435 g/mol. The van der Waals surface area contributed by atoms with Gasteiger partial charge in [0.15, 0.2) is 0 Å². The molecule has 3 aromatic rings. The summed E-state index contributed by atoms with van der Waals surface area (Å²) < 4.78 is 27.8. The Morgan fingerprint density at radius 1 is 0.929 bits per heavy atom. The molecule has 0 saturated carbocycles. The molecule has 28 heavy (non-hydrogen) atoms. The van der Waals surface area contributed by atoms with Crippen molar-refractivity contribution in [3.05, 3.63) is 87.5 Å². The lowest BCUT2D eigenvalue weighted by Gasteiger charge is -2.11. The number of azo groups is 1. The number of nitrogens with one attached hydrogen (secondary N) is 1. The second kappa shape index (κ2) is 8.18. The van der Waals surface area contributed by atoms with Gasteiger partial charge in [0.05, 0.1) is 4.90 Å². The lowest BCUT2D eigenvalue weighted by molar-refractivity contribution is -0.434. The first-order chi connectivity index (χ1) is 13.2. The van der Waals surface area contributed by atoms with E-state index in [2.05, 4.69) is 9.84 Å². The fourth-order valence-electron chi connectivity index (χ4n) is 2.34. The Balaban J connectivity index is 1.99. The van der Waals surface area contributed by atoms with Crippen molar-refractivity contribution in [2.45, 2.75) is 11.8 Å². The highest BCUT2D eigenvalue weighted by molar-refractivity contribution is 7.92. The van der Waals surface area contributed by atoms with Crippen LogP contribution in [0.4, 0.5) is 17.1 Å². The van der Waals surface area contributed by atoms with Crippen molar-refractivity contribution in [2.75, 3.05) is 4.72 Å². The second-order valence-electron chi connectivity index (χ2n) is 5.93. The number of anilines is 1. The van der Waals surface area contributed by atoms with Crippen molar-refractivity contribution in [1.82, 2.24) is 0 Å². The minimum Gasteiger partial charge on any atom is -0.594 e. The van der Waals surface area contributed by atoms with Crippen molar-refractivity contribution in [2.24, 2.45) is 5.11 Å². The summed E-state index contributed by atoms with van der Waals surface area (Å²) in [5.41, 5.74) is 1.30. The predicted molar refractivity (Wildman–Crippen MR) is 110 cm³/mol. The minimum atomic E-state index is -3.91. The summed E-state index contributed by atoms with van der Waals surface area (Å²) in [5, 5.41) is 17.2. The summed E-state index contributed by atoms with van der Waals surface area (Å²) in [5.74, 6) is 0. The second-order valence-corrected chi connectivity index (χ2v) is 8.48. The molecule has 0 radical (unpaired) electrons. The zero-order valence-corrected chi connectivity index (χ0v) is 17.0. The fraction of sp³-hybridized carbons (Fsp3) is 0.0526. The van der Waals surface area contributed by atoms with E-state index in [0.717, 1.165) is 5.56 Å². The molecule has 9 heteroatoms. The Kier molecular flexibility index (Phi) is 5.88. The van der Waals surface area contributed by atoms with Gasteiger partial charge in [-0.2, -0.15) is 0 Å². The zero-order chi connectivity index (χ0) is 20.3. The molecule has 6 nitrogen and oxygen atoms in total. The van der Waals surface area contributed by atoms with E-state index in [4.69, 9.17) is 23.2 Å². The number of sulfonamides is 1. The third kappa shape index (κ3) is 4.81. The van der Waals surface area contributed by atoms with Crippen LogP contribution >= 0.6 is 23.2 Å². The molecule has 0 unspecified atom stereocenters. The van der Waals surface area contributed by atoms with Gasteiger partial charge < -0.3 is 5.21 Å². The van der Waals surface area contributed by atoms with Gasteiger partial charge in [-0.3, -0.25) is 4.72 Å². The van der Waals surface area contributed by atoms with Crippen LogP contribution in [0.1, 0.15) is 5.56 Å². The molecule has 0 aliphatic rings. The van der Waals surface area contributed by atoms with Crippen LogP contribution in [0.15, 0.2) is 76.7 Å². The SMILES string of the molecule is Cc1ccc(S(=O)(=O)Nc2cc(Cl)ccc2[N+]([O-])=Nc2ccc(Cl)cc2)cc1. The van der Waals surface area contributed by atoms with E-state index in [1.165, 1.54) is 30.3 Å². The van der Waals surface area contributed by atoms with Crippen molar-refractivity contribution in [1.29, 1.82) is 0 Å². The van der Waals surface area contributed by atoms with Crippen LogP contribution in [-0.2, 0) is 10.0 Å². The molecular weight excluding hydrogens is 421 g/mol. The van der Waals surface area contributed by atoms with Gasteiger partial charge >= 0.3 is 0 Å². The Morgan fingerprint density at radius 2 is 1.54 bits per heavy atom. The normalized spacial score (nSPS) is 12.0. The smallest absolute Gasteiger partial charge is 0.268 e. The van der Waals surface area contributed by atoms with Gasteiger partial charge in [0, 0.05) is 21.2 Å². The molecule has 3 aromatic carbocycles. The molecule has 0 fully saturated rings. The first kappa shape index (κ1) is 20.1.